The van der Waals surface area contributed by atoms with Gasteiger partial charge in [-0.1, -0.05) is 26.8 Å². The number of piperidine rings is 1. The maximum atomic E-state index is 13.1. The normalized spacial score (nSPS) is 22.3. The van der Waals surface area contributed by atoms with Crippen LogP contribution in [-0.4, -0.2) is 59.8 Å². The minimum absolute atomic E-state index is 0.0224. The van der Waals surface area contributed by atoms with Crippen LogP contribution in [0, 0.1) is 12.3 Å². The van der Waals surface area contributed by atoms with E-state index in [0.717, 1.165) is 0 Å². The van der Waals surface area contributed by atoms with E-state index in [4.69, 9.17) is 4.42 Å². The van der Waals surface area contributed by atoms with Crippen LogP contribution >= 0.6 is 0 Å². The molecule has 2 aromatic rings. The molecule has 37 heavy (non-hydrogen) atoms. The number of aryl methyl sites for hydroxylation is 1. The van der Waals surface area contributed by atoms with Gasteiger partial charge in [0.15, 0.2) is 17.4 Å². The predicted molar refractivity (Wildman–Crippen MR) is 140 cm³/mol. The molecule has 3 heterocycles. The van der Waals surface area contributed by atoms with Crippen LogP contribution in [0.1, 0.15) is 68.5 Å². The van der Waals surface area contributed by atoms with Gasteiger partial charge in [0.2, 0.25) is 0 Å². The maximum Gasteiger partial charge on any atom is 0.367 e. The highest BCUT2D eigenvalue weighted by atomic mass is 32.2. The van der Waals surface area contributed by atoms with Gasteiger partial charge in [0.1, 0.15) is 11.5 Å². The molecule has 12 heteroatoms. The standard InChI is InChI=1S/C25H33N5O6S/c1-15-10-11-18(36-15)20(24(2,3)4)27-22-21(28-37(34,35)29-22)26-17-9-6-8-16(19(17)31)23(32)30-13-7-12-25(5,33)14-30/h6,8-11,20,31,33H,7,12-14H2,1-5H3,(H,26,28)(H,27,29). The Morgan fingerprint density at radius 1 is 1.19 bits per heavy atom. The number of anilines is 1. The second-order valence-corrected chi connectivity index (χ2v) is 12.1. The van der Waals surface area contributed by atoms with Crippen LogP contribution in [0.4, 0.5) is 5.69 Å². The molecule has 1 aromatic carbocycles. The van der Waals surface area contributed by atoms with Crippen LogP contribution in [0.15, 0.2) is 43.5 Å². The van der Waals surface area contributed by atoms with Crippen molar-refractivity contribution in [2.45, 2.75) is 59.1 Å². The molecule has 0 aliphatic carbocycles. The molecule has 2 aliphatic heterocycles. The number of amides is 1. The Balaban J connectivity index is 1.61. The first kappa shape index (κ1) is 26.7. The van der Waals surface area contributed by atoms with E-state index in [1.807, 2.05) is 39.8 Å². The Morgan fingerprint density at radius 2 is 1.89 bits per heavy atom. The van der Waals surface area contributed by atoms with Crippen molar-refractivity contribution in [3.8, 4) is 5.75 Å². The minimum atomic E-state index is -4.17. The van der Waals surface area contributed by atoms with E-state index in [1.165, 1.54) is 17.0 Å². The Morgan fingerprint density at radius 3 is 2.51 bits per heavy atom. The van der Waals surface area contributed by atoms with Crippen LogP contribution in [0.5, 0.6) is 5.75 Å². The number of phenols is 1. The summed E-state index contributed by atoms with van der Waals surface area (Å²) in [4.78, 5) is 14.6. The van der Waals surface area contributed by atoms with Crippen LogP contribution in [-0.2, 0) is 10.2 Å². The van der Waals surface area contributed by atoms with E-state index in [9.17, 15) is 23.4 Å². The summed E-state index contributed by atoms with van der Waals surface area (Å²) in [7, 11) is -4.17. The number of para-hydroxylation sites is 1. The van der Waals surface area contributed by atoms with E-state index in [0.29, 0.717) is 30.9 Å². The first-order valence-electron chi connectivity index (χ1n) is 12.0. The lowest BCUT2D eigenvalue weighted by Gasteiger charge is -2.37. The molecule has 1 saturated heterocycles. The molecule has 2 atom stereocenters. The Labute approximate surface area is 216 Å². The lowest BCUT2D eigenvalue weighted by Crippen LogP contribution is -2.48. The Hall–Kier alpha value is -3.38. The van der Waals surface area contributed by atoms with Gasteiger partial charge in [-0.05, 0) is 56.4 Å². The molecule has 2 aliphatic rings. The van der Waals surface area contributed by atoms with Crippen molar-refractivity contribution < 1.29 is 27.8 Å². The third-order valence-corrected chi connectivity index (χ3v) is 7.14. The van der Waals surface area contributed by atoms with Crippen molar-refractivity contribution in [2.75, 3.05) is 18.4 Å². The molecule has 4 rings (SSSR count). The molecule has 1 amide bonds. The molecule has 0 saturated carbocycles. The summed E-state index contributed by atoms with van der Waals surface area (Å²) in [5, 5.41) is 27.3. The van der Waals surface area contributed by atoms with Crippen LogP contribution in [0.2, 0.25) is 0 Å². The second kappa shape index (κ2) is 9.49. The number of rotatable bonds is 4. The Bertz CT molecular complexity index is 1370. The SMILES string of the molecule is Cc1ccc(C(NC2=NS(=O)(=O)N=C2Nc2cccc(C(=O)N3CCCC(C)(O)C3)c2O)C(C)(C)C)o1. The summed E-state index contributed by atoms with van der Waals surface area (Å²) >= 11 is 0. The fourth-order valence-electron chi connectivity index (χ4n) is 4.48. The molecular formula is C25H33N5O6S. The number of aliphatic hydroxyl groups is 1. The zero-order valence-corrected chi connectivity index (χ0v) is 22.4. The van der Waals surface area contributed by atoms with Crippen molar-refractivity contribution in [3.05, 3.63) is 47.4 Å². The van der Waals surface area contributed by atoms with E-state index < -0.39 is 33.2 Å². The fraction of sp³-hybridized carbons (Fsp3) is 0.480. The molecule has 11 nitrogen and oxygen atoms in total. The van der Waals surface area contributed by atoms with Crippen molar-refractivity contribution in [1.82, 2.24) is 10.2 Å². The summed E-state index contributed by atoms with van der Waals surface area (Å²) in [6, 6.07) is 7.72. The van der Waals surface area contributed by atoms with E-state index in [1.54, 1.807) is 13.0 Å². The topological polar surface area (TPSA) is 157 Å². The molecule has 0 bridgehead atoms. The Kier molecular flexibility index (Phi) is 6.84. The molecule has 4 N–H and O–H groups in total. The average molecular weight is 532 g/mol. The van der Waals surface area contributed by atoms with Gasteiger partial charge in [-0.15, -0.1) is 8.80 Å². The number of furan rings is 1. The number of nitrogens with one attached hydrogen (secondary N) is 2. The number of β-amino-alcohol motifs (C(OH)–C–C–N with tert-alkyl or cyclic N) is 1. The summed E-state index contributed by atoms with van der Waals surface area (Å²) in [5.41, 5.74) is -1.29. The first-order valence-corrected chi connectivity index (χ1v) is 13.4. The fourth-order valence-corrected chi connectivity index (χ4v) is 5.26. The second-order valence-electron chi connectivity index (χ2n) is 10.9. The monoisotopic (exact) mass is 531 g/mol. The van der Waals surface area contributed by atoms with Gasteiger partial charge in [-0.3, -0.25) is 4.79 Å². The summed E-state index contributed by atoms with van der Waals surface area (Å²) < 4.78 is 37.9. The van der Waals surface area contributed by atoms with E-state index in [2.05, 4.69) is 19.4 Å². The number of hydrogen-bond acceptors (Lipinski definition) is 8. The number of benzene rings is 1. The van der Waals surface area contributed by atoms with Gasteiger partial charge in [0.25, 0.3) is 5.91 Å². The highest BCUT2D eigenvalue weighted by Crippen LogP contribution is 2.35. The number of nitrogens with zero attached hydrogens (tertiary/aromatic N) is 3. The van der Waals surface area contributed by atoms with Crippen LogP contribution < -0.4 is 10.6 Å². The lowest BCUT2D eigenvalue weighted by molar-refractivity contribution is -0.0108. The zero-order valence-electron chi connectivity index (χ0n) is 21.6. The van der Waals surface area contributed by atoms with Crippen LogP contribution in [0.3, 0.4) is 0 Å². The van der Waals surface area contributed by atoms with E-state index in [-0.39, 0.29) is 35.2 Å². The van der Waals surface area contributed by atoms with Gasteiger partial charge in [-0.25, -0.2) is 0 Å². The minimum Gasteiger partial charge on any atom is -0.505 e. The zero-order chi connectivity index (χ0) is 27.2. The number of hydrogen-bond donors (Lipinski definition) is 4. The maximum absolute atomic E-state index is 13.1. The van der Waals surface area contributed by atoms with Crippen molar-refractivity contribution >= 4 is 33.5 Å². The molecule has 1 fully saturated rings. The van der Waals surface area contributed by atoms with Crippen molar-refractivity contribution in [3.63, 3.8) is 0 Å². The highest BCUT2D eigenvalue weighted by molar-refractivity contribution is 7.89. The molecular weight excluding hydrogens is 498 g/mol. The number of aromatic hydroxyl groups is 1. The predicted octanol–water partition coefficient (Wildman–Crippen LogP) is 3.12. The number of amidine groups is 2. The number of likely N-dealkylation sites (tertiary alicyclic amines) is 1. The largest absolute Gasteiger partial charge is 0.505 e. The molecule has 1 aromatic heterocycles. The molecule has 0 spiro atoms. The molecule has 2 unspecified atom stereocenters. The smallest absolute Gasteiger partial charge is 0.367 e. The summed E-state index contributed by atoms with van der Waals surface area (Å²) in [6.07, 6.45) is 1.22. The molecule has 0 radical (unpaired) electrons. The third-order valence-electron chi connectivity index (χ3n) is 6.31. The van der Waals surface area contributed by atoms with Gasteiger partial charge < -0.3 is 30.2 Å². The van der Waals surface area contributed by atoms with Gasteiger partial charge in [-0.2, -0.15) is 8.42 Å². The number of phenolic OH excluding ortho intramolecular Hbond substituents is 1. The highest BCUT2D eigenvalue weighted by Gasteiger charge is 2.35. The first-order chi connectivity index (χ1) is 17.2. The van der Waals surface area contributed by atoms with Crippen LogP contribution in [0.25, 0.3) is 0 Å². The quantitative estimate of drug-likeness (QED) is 0.438. The average Bonchev–Trinajstić information content (AvgIpc) is 3.33. The number of carbonyl (C=O) groups excluding carboxylic acids is 1. The van der Waals surface area contributed by atoms with Gasteiger partial charge in [0.05, 0.1) is 22.9 Å². The number of carbonyl (C=O) groups is 1. The lowest BCUT2D eigenvalue weighted by atomic mass is 9.85. The van der Waals surface area contributed by atoms with Gasteiger partial charge >= 0.3 is 10.2 Å². The third kappa shape index (κ3) is 5.96. The molecule has 200 valence electrons. The van der Waals surface area contributed by atoms with Crippen molar-refractivity contribution in [2.24, 2.45) is 14.2 Å². The van der Waals surface area contributed by atoms with E-state index >= 15 is 0 Å². The van der Waals surface area contributed by atoms with Gasteiger partial charge in [0, 0.05) is 13.1 Å². The summed E-state index contributed by atoms with van der Waals surface area (Å²) in [5.74, 6) is 0.341. The summed E-state index contributed by atoms with van der Waals surface area (Å²) in [6.45, 7) is 10.00. The van der Waals surface area contributed by atoms with Crippen molar-refractivity contribution in [1.29, 1.82) is 0 Å².